The molecule has 1 atom stereocenters. The first-order valence-corrected chi connectivity index (χ1v) is 7.49. The highest BCUT2D eigenvalue weighted by atomic mass is 32.2. The van der Waals surface area contributed by atoms with Crippen molar-refractivity contribution in [1.29, 1.82) is 0 Å². The van der Waals surface area contributed by atoms with Crippen LogP contribution >= 0.6 is 0 Å². The number of nitrogens with two attached hydrogens (primary N) is 1. The van der Waals surface area contributed by atoms with Crippen LogP contribution in [-0.2, 0) is 14.8 Å². The van der Waals surface area contributed by atoms with Gasteiger partial charge in [0.2, 0.25) is 10.0 Å². The Morgan fingerprint density at radius 2 is 2.26 bits per heavy atom. The van der Waals surface area contributed by atoms with E-state index in [2.05, 4.69) is 4.72 Å². The van der Waals surface area contributed by atoms with Gasteiger partial charge in [0.25, 0.3) is 0 Å². The molecule has 0 aliphatic carbocycles. The number of sulfonamides is 1. The van der Waals surface area contributed by atoms with E-state index >= 15 is 0 Å². The lowest BCUT2D eigenvalue weighted by atomic mass is 10.0. The van der Waals surface area contributed by atoms with E-state index in [-0.39, 0.29) is 17.1 Å². The van der Waals surface area contributed by atoms with Crippen LogP contribution in [-0.4, -0.2) is 27.2 Å². The molecule has 0 spiro atoms. The molecular formula is C12H17FN2O3S. The van der Waals surface area contributed by atoms with Crippen LogP contribution in [0.25, 0.3) is 0 Å². The predicted molar refractivity (Wildman–Crippen MR) is 69.6 cm³/mol. The third-order valence-corrected chi connectivity index (χ3v) is 4.61. The molecule has 7 heteroatoms. The fourth-order valence-corrected chi connectivity index (χ4v) is 3.19. The van der Waals surface area contributed by atoms with E-state index in [1.807, 2.05) is 6.92 Å². The molecule has 5 nitrogen and oxygen atoms in total. The summed E-state index contributed by atoms with van der Waals surface area (Å²) in [6, 6.07) is 3.33. The molecule has 0 radical (unpaired) electrons. The Morgan fingerprint density at radius 1 is 1.53 bits per heavy atom. The number of nitrogens with one attached hydrogen (secondary N) is 1. The highest BCUT2D eigenvalue weighted by Gasteiger charge is 2.31. The van der Waals surface area contributed by atoms with Crippen molar-refractivity contribution >= 4 is 15.7 Å². The zero-order valence-corrected chi connectivity index (χ0v) is 11.5. The minimum absolute atomic E-state index is 0.0482. The molecule has 0 amide bonds. The van der Waals surface area contributed by atoms with Gasteiger partial charge in [0, 0.05) is 13.2 Å². The Balaban J connectivity index is 2.11. The topological polar surface area (TPSA) is 81.4 Å². The molecule has 0 bridgehead atoms. The molecule has 106 valence electrons. The smallest absolute Gasteiger partial charge is 0.240 e. The molecule has 0 saturated carbocycles. The standard InChI is InChI=1S/C12H17FN2O3S/c1-12(5-2-6-18-12)8-15-19(16,17)9-3-4-10(13)11(14)7-9/h3-4,7,15H,2,5-6,8,14H2,1H3. The van der Waals surface area contributed by atoms with Gasteiger partial charge in [0.15, 0.2) is 0 Å². The van der Waals surface area contributed by atoms with Gasteiger partial charge in [0.05, 0.1) is 16.2 Å². The fourth-order valence-electron chi connectivity index (χ4n) is 2.00. The van der Waals surface area contributed by atoms with Gasteiger partial charge in [-0.2, -0.15) is 0 Å². The first kappa shape index (κ1) is 14.2. The number of ether oxygens (including phenoxy) is 1. The summed E-state index contributed by atoms with van der Waals surface area (Å²) >= 11 is 0. The summed E-state index contributed by atoms with van der Waals surface area (Å²) in [7, 11) is -3.70. The molecule has 2 rings (SSSR count). The van der Waals surface area contributed by atoms with Crippen molar-refractivity contribution in [2.75, 3.05) is 18.9 Å². The van der Waals surface area contributed by atoms with Crippen molar-refractivity contribution in [2.45, 2.75) is 30.3 Å². The van der Waals surface area contributed by atoms with Crippen molar-refractivity contribution in [1.82, 2.24) is 4.72 Å². The summed E-state index contributed by atoms with van der Waals surface area (Å²) in [5.41, 5.74) is 4.71. The molecule has 1 aliphatic rings. The number of anilines is 1. The number of benzene rings is 1. The third kappa shape index (κ3) is 3.23. The molecule has 1 unspecified atom stereocenters. The molecular weight excluding hydrogens is 271 g/mol. The van der Waals surface area contributed by atoms with Gasteiger partial charge in [-0.3, -0.25) is 0 Å². The Bertz CT molecular complexity index is 568. The SMILES string of the molecule is CC1(CNS(=O)(=O)c2ccc(F)c(N)c2)CCCO1. The highest BCUT2D eigenvalue weighted by molar-refractivity contribution is 7.89. The normalized spacial score (nSPS) is 23.7. The van der Waals surface area contributed by atoms with E-state index in [1.54, 1.807) is 0 Å². The third-order valence-electron chi connectivity index (χ3n) is 3.21. The lowest BCUT2D eigenvalue weighted by molar-refractivity contribution is 0.0250. The van der Waals surface area contributed by atoms with Crippen molar-refractivity contribution in [3.8, 4) is 0 Å². The van der Waals surface area contributed by atoms with Crippen LogP contribution in [0.2, 0.25) is 0 Å². The Hall–Kier alpha value is -1.18. The monoisotopic (exact) mass is 288 g/mol. The molecule has 1 heterocycles. The van der Waals surface area contributed by atoms with Crippen molar-refractivity contribution in [3.05, 3.63) is 24.0 Å². The summed E-state index contributed by atoms with van der Waals surface area (Å²) in [5, 5.41) is 0. The Labute approximate surface area is 112 Å². The Kier molecular flexibility index (Phi) is 3.80. The lowest BCUT2D eigenvalue weighted by Crippen LogP contribution is -2.40. The quantitative estimate of drug-likeness (QED) is 0.817. The summed E-state index contributed by atoms with van der Waals surface area (Å²) in [4.78, 5) is -0.0482. The van der Waals surface area contributed by atoms with E-state index in [0.29, 0.717) is 6.61 Å². The largest absolute Gasteiger partial charge is 0.396 e. The fraction of sp³-hybridized carbons (Fsp3) is 0.500. The number of hydrogen-bond acceptors (Lipinski definition) is 4. The van der Waals surface area contributed by atoms with Gasteiger partial charge in [-0.05, 0) is 38.0 Å². The maximum absolute atomic E-state index is 13.0. The first-order chi connectivity index (χ1) is 8.82. The second-order valence-electron chi connectivity index (χ2n) is 4.91. The van der Waals surface area contributed by atoms with Crippen LogP contribution < -0.4 is 10.5 Å². The zero-order valence-electron chi connectivity index (χ0n) is 10.6. The maximum atomic E-state index is 13.0. The van der Waals surface area contributed by atoms with E-state index in [1.165, 1.54) is 6.07 Å². The molecule has 1 saturated heterocycles. The number of halogens is 1. The summed E-state index contributed by atoms with van der Waals surface area (Å²) < 4.78 is 45.1. The van der Waals surface area contributed by atoms with Gasteiger partial charge < -0.3 is 10.5 Å². The average molecular weight is 288 g/mol. The Morgan fingerprint density at radius 3 is 2.84 bits per heavy atom. The number of hydrogen-bond donors (Lipinski definition) is 2. The van der Waals surface area contributed by atoms with E-state index in [0.717, 1.165) is 25.0 Å². The van der Waals surface area contributed by atoms with Crippen LogP contribution in [0.1, 0.15) is 19.8 Å². The van der Waals surface area contributed by atoms with Gasteiger partial charge in [-0.25, -0.2) is 17.5 Å². The predicted octanol–water partition coefficient (Wildman–Crippen LogP) is 1.26. The van der Waals surface area contributed by atoms with Crippen LogP contribution in [0.5, 0.6) is 0 Å². The highest BCUT2D eigenvalue weighted by Crippen LogP contribution is 2.25. The van der Waals surface area contributed by atoms with Crippen LogP contribution in [0.15, 0.2) is 23.1 Å². The van der Waals surface area contributed by atoms with Gasteiger partial charge >= 0.3 is 0 Å². The van der Waals surface area contributed by atoms with Crippen molar-refractivity contribution in [3.63, 3.8) is 0 Å². The van der Waals surface area contributed by atoms with Crippen molar-refractivity contribution in [2.24, 2.45) is 0 Å². The van der Waals surface area contributed by atoms with Gasteiger partial charge in [-0.15, -0.1) is 0 Å². The second kappa shape index (κ2) is 5.07. The first-order valence-electron chi connectivity index (χ1n) is 6.01. The number of nitrogen functional groups attached to an aromatic ring is 1. The summed E-state index contributed by atoms with van der Waals surface area (Å²) in [6.45, 7) is 2.69. The summed E-state index contributed by atoms with van der Waals surface area (Å²) in [6.07, 6.45) is 1.73. The molecule has 19 heavy (non-hydrogen) atoms. The van der Waals surface area contributed by atoms with Gasteiger partial charge in [-0.1, -0.05) is 0 Å². The van der Waals surface area contributed by atoms with Crippen LogP contribution in [0.3, 0.4) is 0 Å². The molecule has 3 N–H and O–H groups in total. The lowest BCUT2D eigenvalue weighted by Gasteiger charge is -2.23. The molecule has 1 aliphatic heterocycles. The maximum Gasteiger partial charge on any atom is 0.240 e. The average Bonchev–Trinajstić information content (AvgIpc) is 2.78. The molecule has 1 fully saturated rings. The minimum atomic E-state index is -3.70. The van der Waals surface area contributed by atoms with E-state index in [4.69, 9.17) is 10.5 Å². The zero-order chi connectivity index (χ0) is 14.1. The molecule has 1 aromatic carbocycles. The second-order valence-corrected chi connectivity index (χ2v) is 6.68. The van der Waals surface area contributed by atoms with Crippen molar-refractivity contribution < 1.29 is 17.5 Å². The van der Waals surface area contributed by atoms with Gasteiger partial charge in [0.1, 0.15) is 5.82 Å². The van der Waals surface area contributed by atoms with E-state index < -0.39 is 21.4 Å². The van der Waals surface area contributed by atoms with E-state index in [9.17, 15) is 12.8 Å². The van der Waals surface area contributed by atoms with Crippen LogP contribution in [0.4, 0.5) is 10.1 Å². The minimum Gasteiger partial charge on any atom is -0.396 e. The molecule has 0 aromatic heterocycles. The summed E-state index contributed by atoms with van der Waals surface area (Å²) in [5.74, 6) is -0.634. The number of rotatable bonds is 4. The molecule has 1 aromatic rings. The van der Waals surface area contributed by atoms with Crippen LogP contribution in [0, 0.1) is 5.82 Å².